The predicted octanol–water partition coefficient (Wildman–Crippen LogP) is 0.341. The molecule has 0 aromatic rings. The summed E-state index contributed by atoms with van der Waals surface area (Å²) in [5.41, 5.74) is 2.14. The van der Waals surface area contributed by atoms with E-state index in [2.05, 4.69) is 5.43 Å². The number of carbonyl (C=O) groups is 1. The maximum atomic E-state index is 11.4. The molecule has 1 fully saturated rings. The molecule has 1 atom stereocenters. The van der Waals surface area contributed by atoms with Gasteiger partial charge in [-0.2, -0.15) is 0 Å². The molecule has 1 unspecified atom stereocenters. The minimum absolute atomic E-state index is 0.132. The first-order valence-electron chi connectivity index (χ1n) is 5.51. The first-order chi connectivity index (χ1) is 7.27. The average Bonchev–Trinajstić information content (AvgIpc) is 2.29. The number of amides is 1. The van der Waals surface area contributed by atoms with Crippen LogP contribution in [0.2, 0.25) is 0 Å². The molecule has 0 bridgehead atoms. The van der Waals surface area contributed by atoms with Crippen LogP contribution in [0.15, 0.2) is 0 Å². The molecule has 5 heteroatoms. The molecule has 1 saturated heterocycles. The van der Waals surface area contributed by atoms with Gasteiger partial charge in [-0.05, 0) is 19.3 Å². The summed E-state index contributed by atoms with van der Waals surface area (Å²) in [6.45, 7) is 3.45. The monoisotopic (exact) mass is 216 g/mol. The van der Waals surface area contributed by atoms with Gasteiger partial charge in [-0.25, -0.2) is 5.84 Å². The standard InChI is InChI=1S/C10H20N2O3/c1-2-3-9(10(13)12-11)15-8-4-6-14-7-5-8/h8-9H,2-7,11H2,1H3,(H,12,13). The van der Waals surface area contributed by atoms with Crippen LogP contribution in [-0.4, -0.2) is 31.3 Å². The van der Waals surface area contributed by atoms with Gasteiger partial charge in [0.1, 0.15) is 6.10 Å². The van der Waals surface area contributed by atoms with Crippen LogP contribution in [0.5, 0.6) is 0 Å². The summed E-state index contributed by atoms with van der Waals surface area (Å²) in [6.07, 6.45) is 3.05. The third-order valence-corrected chi connectivity index (χ3v) is 2.51. The van der Waals surface area contributed by atoms with Crippen molar-refractivity contribution in [1.29, 1.82) is 0 Å². The van der Waals surface area contributed by atoms with Gasteiger partial charge in [-0.3, -0.25) is 10.2 Å². The zero-order chi connectivity index (χ0) is 11.1. The highest BCUT2D eigenvalue weighted by Crippen LogP contribution is 2.15. The smallest absolute Gasteiger partial charge is 0.262 e. The van der Waals surface area contributed by atoms with Gasteiger partial charge in [0.05, 0.1) is 6.10 Å². The van der Waals surface area contributed by atoms with Crippen molar-refractivity contribution in [3.05, 3.63) is 0 Å². The fourth-order valence-electron chi connectivity index (χ4n) is 1.66. The summed E-state index contributed by atoms with van der Waals surface area (Å²) in [7, 11) is 0. The number of nitrogens with two attached hydrogens (primary N) is 1. The molecule has 3 N–H and O–H groups in total. The van der Waals surface area contributed by atoms with E-state index in [1.54, 1.807) is 0 Å². The highest BCUT2D eigenvalue weighted by atomic mass is 16.5. The zero-order valence-electron chi connectivity index (χ0n) is 9.20. The number of rotatable bonds is 5. The third kappa shape index (κ3) is 4.15. The predicted molar refractivity (Wildman–Crippen MR) is 56.0 cm³/mol. The Labute approximate surface area is 90.3 Å². The lowest BCUT2D eigenvalue weighted by Gasteiger charge is -2.26. The molecular formula is C10H20N2O3. The molecule has 0 spiro atoms. The molecule has 1 rings (SSSR count). The van der Waals surface area contributed by atoms with Crippen LogP contribution in [-0.2, 0) is 14.3 Å². The van der Waals surface area contributed by atoms with E-state index in [0.717, 1.165) is 19.3 Å². The van der Waals surface area contributed by atoms with Gasteiger partial charge in [-0.1, -0.05) is 13.3 Å². The van der Waals surface area contributed by atoms with Crippen molar-refractivity contribution >= 4 is 5.91 Å². The summed E-state index contributed by atoms with van der Waals surface area (Å²) >= 11 is 0. The van der Waals surface area contributed by atoms with Gasteiger partial charge >= 0.3 is 0 Å². The van der Waals surface area contributed by atoms with Crippen LogP contribution in [0.1, 0.15) is 32.6 Å². The molecule has 0 aromatic heterocycles. The number of hydrogen-bond donors (Lipinski definition) is 2. The topological polar surface area (TPSA) is 73.6 Å². The molecule has 0 radical (unpaired) electrons. The van der Waals surface area contributed by atoms with Gasteiger partial charge in [0.15, 0.2) is 0 Å². The highest BCUT2D eigenvalue weighted by Gasteiger charge is 2.23. The summed E-state index contributed by atoms with van der Waals surface area (Å²) in [6, 6.07) is 0. The van der Waals surface area contributed by atoms with Crippen molar-refractivity contribution in [2.24, 2.45) is 5.84 Å². The second kappa shape index (κ2) is 6.76. The Morgan fingerprint density at radius 2 is 2.27 bits per heavy atom. The number of carbonyl (C=O) groups excluding carboxylic acids is 1. The fourth-order valence-corrected chi connectivity index (χ4v) is 1.66. The third-order valence-electron chi connectivity index (χ3n) is 2.51. The fraction of sp³-hybridized carbons (Fsp3) is 0.900. The maximum Gasteiger partial charge on any atom is 0.262 e. The van der Waals surface area contributed by atoms with E-state index in [1.807, 2.05) is 6.92 Å². The largest absolute Gasteiger partial charge is 0.381 e. The Bertz CT molecular complexity index is 193. The van der Waals surface area contributed by atoms with Gasteiger partial charge in [-0.15, -0.1) is 0 Å². The van der Waals surface area contributed by atoms with Gasteiger partial charge in [0.2, 0.25) is 0 Å². The average molecular weight is 216 g/mol. The summed E-state index contributed by atoms with van der Waals surface area (Å²) in [4.78, 5) is 11.4. The second-order valence-corrected chi connectivity index (χ2v) is 3.73. The Kier molecular flexibility index (Phi) is 5.60. The Morgan fingerprint density at radius 1 is 1.60 bits per heavy atom. The van der Waals surface area contributed by atoms with Crippen LogP contribution >= 0.6 is 0 Å². The van der Waals surface area contributed by atoms with Gasteiger partial charge < -0.3 is 9.47 Å². The quantitative estimate of drug-likeness (QED) is 0.395. The lowest BCUT2D eigenvalue weighted by atomic mass is 10.1. The van der Waals surface area contributed by atoms with Crippen molar-refractivity contribution in [3.63, 3.8) is 0 Å². The van der Waals surface area contributed by atoms with Crippen LogP contribution in [0.3, 0.4) is 0 Å². The van der Waals surface area contributed by atoms with E-state index < -0.39 is 6.10 Å². The lowest BCUT2D eigenvalue weighted by Crippen LogP contribution is -2.43. The van der Waals surface area contributed by atoms with Crippen molar-refractivity contribution in [3.8, 4) is 0 Å². The molecule has 0 aliphatic carbocycles. The van der Waals surface area contributed by atoms with Crippen molar-refractivity contribution in [2.45, 2.75) is 44.8 Å². The van der Waals surface area contributed by atoms with Crippen molar-refractivity contribution in [2.75, 3.05) is 13.2 Å². The molecular weight excluding hydrogens is 196 g/mol. The van der Waals surface area contributed by atoms with E-state index in [9.17, 15) is 4.79 Å². The van der Waals surface area contributed by atoms with Gasteiger partial charge in [0, 0.05) is 13.2 Å². The maximum absolute atomic E-state index is 11.4. The van der Waals surface area contributed by atoms with Crippen molar-refractivity contribution < 1.29 is 14.3 Å². The number of hydrogen-bond acceptors (Lipinski definition) is 4. The van der Waals surface area contributed by atoms with E-state index in [4.69, 9.17) is 15.3 Å². The minimum Gasteiger partial charge on any atom is -0.381 e. The summed E-state index contributed by atoms with van der Waals surface area (Å²) in [5.74, 6) is 4.87. The molecule has 0 aromatic carbocycles. The Balaban J connectivity index is 2.38. The zero-order valence-corrected chi connectivity index (χ0v) is 9.20. The van der Waals surface area contributed by atoms with Crippen LogP contribution in [0, 0.1) is 0 Å². The van der Waals surface area contributed by atoms with Crippen LogP contribution < -0.4 is 11.3 Å². The second-order valence-electron chi connectivity index (χ2n) is 3.73. The molecule has 1 heterocycles. The van der Waals surface area contributed by atoms with Gasteiger partial charge in [0.25, 0.3) is 5.91 Å². The SMILES string of the molecule is CCCC(OC1CCOCC1)C(=O)NN. The van der Waals surface area contributed by atoms with Crippen LogP contribution in [0.25, 0.3) is 0 Å². The van der Waals surface area contributed by atoms with E-state index in [1.165, 1.54) is 0 Å². The lowest BCUT2D eigenvalue weighted by molar-refractivity contribution is -0.141. The van der Waals surface area contributed by atoms with Crippen molar-refractivity contribution in [1.82, 2.24) is 5.43 Å². The molecule has 5 nitrogen and oxygen atoms in total. The number of ether oxygens (including phenoxy) is 2. The molecule has 1 aliphatic rings. The summed E-state index contributed by atoms with van der Waals surface area (Å²) < 4.78 is 10.9. The number of hydrazine groups is 1. The molecule has 1 amide bonds. The van der Waals surface area contributed by atoms with E-state index in [0.29, 0.717) is 19.6 Å². The number of nitrogens with one attached hydrogen (secondary N) is 1. The summed E-state index contributed by atoms with van der Waals surface area (Å²) in [5, 5.41) is 0. The van der Waals surface area contributed by atoms with Crippen LogP contribution in [0.4, 0.5) is 0 Å². The Hall–Kier alpha value is -0.650. The first-order valence-corrected chi connectivity index (χ1v) is 5.51. The molecule has 1 aliphatic heterocycles. The highest BCUT2D eigenvalue weighted by molar-refractivity contribution is 5.80. The first kappa shape index (κ1) is 12.4. The molecule has 0 saturated carbocycles. The normalized spacial score (nSPS) is 19.9. The van der Waals surface area contributed by atoms with E-state index in [-0.39, 0.29) is 12.0 Å². The van der Waals surface area contributed by atoms with E-state index >= 15 is 0 Å². The molecule has 15 heavy (non-hydrogen) atoms. The Morgan fingerprint density at radius 3 is 2.80 bits per heavy atom. The minimum atomic E-state index is -0.414. The molecule has 88 valence electrons.